The molecule has 0 saturated carbocycles. The van der Waals surface area contributed by atoms with E-state index in [2.05, 4.69) is 10.3 Å². The zero-order chi connectivity index (χ0) is 15.7. The second kappa shape index (κ2) is 5.46. The minimum Gasteiger partial charge on any atom is -0.384 e. The van der Waals surface area contributed by atoms with Gasteiger partial charge in [-0.2, -0.15) is 0 Å². The van der Waals surface area contributed by atoms with E-state index in [1.807, 2.05) is 31.4 Å². The van der Waals surface area contributed by atoms with E-state index in [0.717, 1.165) is 16.8 Å². The Labute approximate surface area is 133 Å². The first kappa shape index (κ1) is 14.6. The number of alkyl halides is 1. The zero-order valence-corrected chi connectivity index (χ0v) is 12.7. The van der Waals surface area contributed by atoms with E-state index in [1.54, 1.807) is 18.2 Å². The summed E-state index contributed by atoms with van der Waals surface area (Å²) >= 11 is 6.81. The van der Waals surface area contributed by atoms with Gasteiger partial charge in [0, 0.05) is 17.5 Å². The predicted molar refractivity (Wildman–Crippen MR) is 87.8 cm³/mol. The highest BCUT2D eigenvalue weighted by atomic mass is 35.5. The number of halogens is 2. The maximum absolute atomic E-state index is 13.2. The summed E-state index contributed by atoms with van der Waals surface area (Å²) in [6, 6.07) is 5.98. The van der Waals surface area contributed by atoms with Crippen LogP contribution in [0.4, 0.5) is 4.39 Å². The van der Waals surface area contributed by atoms with E-state index in [4.69, 9.17) is 17.3 Å². The molecule has 0 spiro atoms. The fourth-order valence-electron chi connectivity index (χ4n) is 2.49. The van der Waals surface area contributed by atoms with Gasteiger partial charge in [0.25, 0.3) is 0 Å². The molecule has 2 heterocycles. The minimum absolute atomic E-state index is 0.320. The second-order valence-electron chi connectivity index (χ2n) is 5.17. The summed E-state index contributed by atoms with van der Waals surface area (Å²) in [6.07, 6.45) is 9.32. The van der Waals surface area contributed by atoms with E-state index in [-0.39, 0.29) is 5.82 Å². The topological polar surface area (TPSA) is 50.4 Å². The molecule has 5 heteroatoms. The van der Waals surface area contributed by atoms with Gasteiger partial charge in [0.05, 0.1) is 0 Å². The van der Waals surface area contributed by atoms with Crippen LogP contribution in [0.5, 0.6) is 0 Å². The van der Waals surface area contributed by atoms with Crippen LogP contribution in [0.25, 0.3) is 0 Å². The Morgan fingerprint density at radius 1 is 1.18 bits per heavy atom. The number of rotatable bonds is 1. The van der Waals surface area contributed by atoms with Crippen molar-refractivity contribution >= 4 is 17.4 Å². The van der Waals surface area contributed by atoms with Gasteiger partial charge >= 0.3 is 0 Å². The Kier molecular flexibility index (Phi) is 3.62. The molecule has 0 amide bonds. The molecule has 2 aliphatic heterocycles. The SMILES string of the molecule is CC1=CC(=C2C=CC(N)=NC2(Cl)c2ccc(F)cc2)C=CN1. The van der Waals surface area contributed by atoms with Gasteiger partial charge in [-0.25, -0.2) is 9.38 Å². The van der Waals surface area contributed by atoms with E-state index in [0.29, 0.717) is 11.4 Å². The zero-order valence-electron chi connectivity index (χ0n) is 12.0. The number of nitrogens with zero attached hydrogens (tertiary/aromatic N) is 1. The summed E-state index contributed by atoms with van der Waals surface area (Å²) in [6.45, 7) is 1.96. The number of benzene rings is 1. The van der Waals surface area contributed by atoms with Crippen molar-refractivity contribution in [3.05, 3.63) is 83.0 Å². The lowest BCUT2D eigenvalue weighted by molar-refractivity contribution is 0.625. The van der Waals surface area contributed by atoms with Crippen LogP contribution in [-0.4, -0.2) is 5.84 Å². The highest BCUT2D eigenvalue weighted by Gasteiger charge is 2.36. The Hall–Kier alpha value is -2.33. The van der Waals surface area contributed by atoms with Gasteiger partial charge in [-0.3, -0.25) is 0 Å². The molecule has 0 saturated heterocycles. The van der Waals surface area contributed by atoms with Gasteiger partial charge in [0.1, 0.15) is 11.7 Å². The van der Waals surface area contributed by atoms with Crippen molar-refractivity contribution in [2.75, 3.05) is 0 Å². The normalized spacial score (nSPS) is 27.2. The average Bonchev–Trinajstić information content (AvgIpc) is 2.47. The standard InChI is InChI=1S/C17H15ClFN3/c1-11-10-12(8-9-21-11)15-6-7-16(20)22-17(15,18)13-2-4-14(19)5-3-13/h2-10,21H,1H3,(H2,20,22). The Morgan fingerprint density at radius 2 is 1.91 bits per heavy atom. The molecule has 1 atom stereocenters. The largest absolute Gasteiger partial charge is 0.384 e. The maximum atomic E-state index is 13.2. The number of nitrogens with one attached hydrogen (secondary N) is 1. The van der Waals surface area contributed by atoms with Gasteiger partial charge in [0.2, 0.25) is 0 Å². The van der Waals surface area contributed by atoms with Gasteiger partial charge < -0.3 is 11.1 Å². The fourth-order valence-corrected chi connectivity index (χ4v) is 2.88. The third-order valence-electron chi connectivity index (χ3n) is 3.54. The molecule has 2 aliphatic rings. The molecule has 1 aromatic rings. The third kappa shape index (κ3) is 2.57. The number of hydrogen-bond acceptors (Lipinski definition) is 3. The first-order chi connectivity index (χ1) is 10.5. The molecule has 0 radical (unpaired) electrons. The van der Waals surface area contributed by atoms with Crippen molar-refractivity contribution in [1.29, 1.82) is 0 Å². The number of nitrogens with two attached hydrogens (primary N) is 1. The second-order valence-corrected chi connectivity index (χ2v) is 5.72. The predicted octanol–water partition coefficient (Wildman–Crippen LogP) is 3.46. The molecular formula is C17H15ClFN3. The highest BCUT2D eigenvalue weighted by molar-refractivity contribution is 6.27. The van der Waals surface area contributed by atoms with Crippen LogP contribution in [-0.2, 0) is 5.00 Å². The lowest BCUT2D eigenvalue weighted by Crippen LogP contribution is -2.27. The summed E-state index contributed by atoms with van der Waals surface area (Å²) in [5, 5.41) is 3.10. The Balaban J connectivity index is 2.19. The Morgan fingerprint density at radius 3 is 2.59 bits per heavy atom. The molecule has 3 nitrogen and oxygen atoms in total. The molecule has 22 heavy (non-hydrogen) atoms. The molecule has 3 rings (SSSR count). The van der Waals surface area contributed by atoms with Crippen LogP contribution in [0, 0.1) is 5.82 Å². The lowest BCUT2D eigenvalue weighted by atomic mass is 9.91. The minimum atomic E-state index is -1.17. The van der Waals surface area contributed by atoms with Gasteiger partial charge in [-0.15, -0.1) is 0 Å². The van der Waals surface area contributed by atoms with Crippen LogP contribution >= 0.6 is 11.6 Å². The van der Waals surface area contributed by atoms with Gasteiger partial charge in [-0.05, 0) is 48.4 Å². The van der Waals surface area contributed by atoms with Crippen molar-refractivity contribution in [2.24, 2.45) is 10.7 Å². The number of allylic oxidation sites excluding steroid dienone is 4. The lowest BCUT2D eigenvalue weighted by Gasteiger charge is -2.29. The van der Waals surface area contributed by atoms with Crippen molar-refractivity contribution in [2.45, 2.75) is 11.9 Å². The van der Waals surface area contributed by atoms with E-state index < -0.39 is 5.00 Å². The van der Waals surface area contributed by atoms with E-state index >= 15 is 0 Å². The van der Waals surface area contributed by atoms with Crippen LogP contribution in [0.3, 0.4) is 0 Å². The van der Waals surface area contributed by atoms with Crippen molar-refractivity contribution in [3.8, 4) is 0 Å². The van der Waals surface area contributed by atoms with Crippen molar-refractivity contribution in [1.82, 2.24) is 5.32 Å². The van der Waals surface area contributed by atoms with Crippen LogP contribution in [0.2, 0.25) is 0 Å². The van der Waals surface area contributed by atoms with Gasteiger partial charge in [0.15, 0.2) is 5.00 Å². The molecule has 1 aromatic carbocycles. The Bertz CT molecular complexity index is 757. The molecule has 0 aliphatic carbocycles. The highest BCUT2D eigenvalue weighted by Crippen LogP contribution is 2.43. The number of hydrogen-bond donors (Lipinski definition) is 2. The summed E-state index contributed by atoms with van der Waals surface area (Å²) in [5.74, 6) is 0.0151. The first-order valence-corrected chi connectivity index (χ1v) is 7.21. The number of dihydropyridines is 2. The monoisotopic (exact) mass is 315 g/mol. The fraction of sp³-hybridized carbons (Fsp3) is 0.118. The quantitative estimate of drug-likeness (QED) is 0.616. The first-order valence-electron chi connectivity index (χ1n) is 6.83. The van der Waals surface area contributed by atoms with E-state index in [9.17, 15) is 4.39 Å². The molecule has 0 fully saturated rings. The summed E-state index contributed by atoms with van der Waals surface area (Å²) < 4.78 is 13.2. The molecular weight excluding hydrogens is 301 g/mol. The maximum Gasteiger partial charge on any atom is 0.187 e. The van der Waals surface area contributed by atoms with Crippen molar-refractivity contribution < 1.29 is 4.39 Å². The molecule has 0 aromatic heterocycles. The van der Waals surface area contributed by atoms with Crippen LogP contribution in [0.1, 0.15) is 12.5 Å². The number of amidine groups is 1. The average molecular weight is 316 g/mol. The molecule has 1 unspecified atom stereocenters. The smallest absolute Gasteiger partial charge is 0.187 e. The molecule has 112 valence electrons. The summed E-state index contributed by atoms with van der Waals surface area (Å²) in [5.41, 5.74) is 9.23. The molecule has 3 N–H and O–H groups in total. The van der Waals surface area contributed by atoms with E-state index in [1.165, 1.54) is 12.1 Å². The van der Waals surface area contributed by atoms with Crippen LogP contribution in [0.15, 0.2) is 76.6 Å². The number of aliphatic imine (C=N–C) groups is 1. The third-order valence-corrected chi connectivity index (χ3v) is 4.05. The summed E-state index contributed by atoms with van der Waals surface area (Å²) in [7, 11) is 0. The molecule has 0 bridgehead atoms. The van der Waals surface area contributed by atoms with Crippen LogP contribution < -0.4 is 11.1 Å². The summed E-state index contributed by atoms with van der Waals surface area (Å²) in [4.78, 5) is 3.24. The van der Waals surface area contributed by atoms with Crippen molar-refractivity contribution in [3.63, 3.8) is 0 Å². The van der Waals surface area contributed by atoms with Gasteiger partial charge in [-0.1, -0.05) is 29.8 Å².